The van der Waals surface area contributed by atoms with Crippen molar-refractivity contribution in [3.05, 3.63) is 29.6 Å². The maximum absolute atomic E-state index is 12.7. The summed E-state index contributed by atoms with van der Waals surface area (Å²) in [4.78, 5) is 30.6. The molecule has 0 saturated carbocycles. The van der Waals surface area contributed by atoms with Gasteiger partial charge in [-0.05, 0) is 37.0 Å². The van der Waals surface area contributed by atoms with Crippen LogP contribution in [0, 0.1) is 12.8 Å². The second kappa shape index (κ2) is 6.24. The van der Waals surface area contributed by atoms with Crippen LogP contribution in [0.1, 0.15) is 38.3 Å². The molecule has 2 rings (SSSR count). The summed E-state index contributed by atoms with van der Waals surface area (Å²) in [5.41, 5.74) is 2.06. The van der Waals surface area contributed by atoms with Gasteiger partial charge in [-0.15, -0.1) is 0 Å². The molecule has 1 aliphatic rings. The Bertz CT molecular complexity index is 544. The maximum Gasteiger partial charge on any atom is 0.246 e. The van der Waals surface area contributed by atoms with E-state index in [1.54, 1.807) is 24.2 Å². The van der Waals surface area contributed by atoms with Gasteiger partial charge in [-0.25, -0.2) is 0 Å². The molecule has 0 radical (unpaired) electrons. The van der Waals surface area contributed by atoms with Gasteiger partial charge >= 0.3 is 0 Å². The number of nitrogens with one attached hydrogen (secondary N) is 1. The Balaban J connectivity index is 2.25. The van der Waals surface area contributed by atoms with Crippen LogP contribution in [-0.4, -0.2) is 33.8 Å². The number of hydrogen-bond acceptors (Lipinski definition) is 3. The van der Waals surface area contributed by atoms with Gasteiger partial charge in [0.05, 0.1) is 0 Å². The maximum atomic E-state index is 12.7. The van der Waals surface area contributed by atoms with E-state index in [4.69, 9.17) is 0 Å². The fraction of sp³-hybridized carbons (Fsp3) is 0.562. The van der Waals surface area contributed by atoms with Crippen LogP contribution in [0.2, 0.25) is 0 Å². The van der Waals surface area contributed by atoms with Gasteiger partial charge in [0.1, 0.15) is 12.1 Å². The molecule has 0 spiro atoms. The summed E-state index contributed by atoms with van der Waals surface area (Å²) in [6, 6.07) is 1.05. The molecule has 1 fully saturated rings. The summed E-state index contributed by atoms with van der Waals surface area (Å²) in [6.07, 6.45) is 4.35. The average molecular weight is 289 g/mol. The summed E-state index contributed by atoms with van der Waals surface area (Å²) in [5, 5.41) is 2.85. The monoisotopic (exact) mass is 289 g/mol. The highest BCUT2D eigenvalue weighted by molar-refractivity contribution is 5.96. The number of carbonyl (C=O) groups is 2. The first-order valence-corrected chi connectivity index (χ1v) is 7.46. The second-order valence-electron chi connectivity index (χ2n) is 5.82. The number of carbonyl (C=O) groups excluding carboxylic acids is 2. The van der Waals surface area contributed by atoms with Gasteiger partial charge in [0, 0.05) is 18.9 Å². The van der Waals surface area contributed by atoms with Gasteiger partial charge in [0.2, 0.25) is 11.8 Å². The zero-order chi connectivity index (χ0) is 15.6. The zero-order valence-corrected chi connectivity index (χ0v) is 13.1. The third kappa shape index (κ3) is 3.06. The van der Waals surface area contributed by atoms with E-state index >= 15 is 0 Å². The van der Waals surface area contributed by atoms with Crippen molar-refractivity contribution in [1.82, 2.24) is 15.2 Å². The quantitative estimate of drug-likeness (QED) is 0.917. The van der Waals surface area contributed by atoms with E-state index in [0.29, 0.717) is 6.54 Å². The van der Waals surface area contributed by atoms with Crippen LogP contribution in [0.4, 0.5) is 0 Å². The molecule has 0 aromatic carbocycles. The first-order chi connectivity index (χ1) is 9.95. The molecule has 1 aromatic rings. The molecule has 1 aromatic heterocycles. The fourth-order valence-corrected chi connectivity index (χ4v) is 2.55. The van der Waals surface area contributed by atoms with Crippen molar-refractivity contribution < 1.29 is 9.59 Å². The average Bonchev–Trinajstić information content (AvgIpc) is 2.48. The first kappa shape index (κ1) is 15.5. The Kier molecular flexibility index (Phi) is 4.60. The summed E-state index contributed by atoms with van der Waals surface area (Å²) in [6.45, 7) is 8.22. The highest BCUT2D eigenvalue weighted by atomic mass is 16.2. The Morgan fingerprint density at radius 2 is 2.14 bits per heavy atom. The number of hydrogen-bond donors (Lipinski definition) is 1. The number of pyridine rings is 1. The predicted molar refractivity (Wildman–Crippen MR) is 80.4 cm³/mol. The van der Waals surface area contributed by atoms with E-state index in [2.05, 4.69) is 10.3 Å². The minimum Gasteiger partial charge on any atom is -0.342 e. The number of rotatable bonds is 4. The third-order valence-electron chi connectivity index (χ3n) is 4.38. The van der Waals surface area contributed by atoms with Gasteiger partial charge < -0.3 is 10.2 Å². The van der Waals surface area contributed by atoms with Gasteiger partial charge in [-0.3, -0.25) is 14.6 Å². The van der Waals surface area contributed by atoms with Crippen LogP contribution in [0.5, 0.6) is 0 Å². The van der Waals surface area contributed by atoms with Gasteiger partial charge in [-0.2, -0.15) is 0 Å². The number of piperazine rings is 1. The molecule has 21 heavy (non-hydrogen) atoms. The Morgan fingerprint density at radius 3 is 2.76 bits per heavy atom. The second-order valence-corrected chi connectivity index (χ2v) is 5.82. The lowest BCUT2D eigenvalue weighted by atomic mass is 9.94. The van der Waals surface area contributed by atoms with Crippen LogP contribution in [0.3, 0.4) is 0 Å². The Labute approximate surface area is 125 Å². The molecule has 1 aliphatic heterocycles. The van der Waals surface area contributed by atoms with Crippen molar-refractivity contribution in [1.29, 1.82) is 0 Å². The highest BCUT2D eigenvalue weighted by Crippen LogP contribution is 2.20. The van der Waals surface area contributed by atoms with Crippen molar-refractivity contribution >= 4 is 11.8 Å². The molecule has 0 aliphatic carbocycles. The van der Waals surface area contributed by atoms with Crippen molar-refractivity contribution in [3.8, 4) is 0 Å². The molecule has 3 unspecified atom stereocenters. The molecular formula is C16H23N3O2. The third-order valence-corrected chi connectivity index (χ3v) is 4.38. The lowest BCUT2D eigenvalue weighted by Gasteiger charge is -2.39. The predicted octanol–water partition coefficient (Wildman–Crippen LogP) is 1.65. The van der Waals surface area contributed by atoms with E-state index in [0.717, 1.165) is 17.5 Å². The molecule has 2 amide bonds. The molecule has 5 heteroatoms. The van der Waals surface area contributed by atoms with Gasteiger partial charge in [-0.1, -0.05) is 20.3 Å². The summed E-state index contributed by atoms with van der Waals surface area (Å²) in [5.74, 6) is 0.0641. The standard InChI is InChI=1S/C16H23N3O2/c1-5-10(2)14-16(21)19(12(4)15(20)18-14)9-13-6-7-17-8-11(13)3/h6-8,10,12,14H,5,9H2,1-4H3,(H,18,20). The molecule has 1 N–H and O–H groups in total. The van der Waals surface area contributed by atoms with E-state index in [1.165, 1.54) is 0 Å². The molecular weight excluding hydrogens is 266 g/mol. The normalized spacial score (nSPS) is 23.9. The van der Waals surface area contributed by atoms with Crippen molar-refractivity contribution in [2.75, 3.05) is 0 Å². The molecule has 0 bridgehead atoms. The highest BCUT2D eigenvalue weighted by Gasteiger charge is 2.40. The van der Waals surface area contributed by atoms with Crippen LogP contribution < -0.4 is 5.32 Å². The van der Waals surface area contributed by atoms with Crippen LogP contribution >= 0.6 is 0 Å². The minimum atomic E-state index is -0.439. The minimum absolute atomic E-state index is 0.00709. The van der Waals surface area contributed by atoms with E-state index in [-0.39, 0.29) is 17.7 Å². The van der Waals surface area contributed by atoms with Crippen molar-refractivity contribution in [3.63, 3.8) is 0 Å². The Morgan fingerprint density at radius 1 is 1.43 bits per heavy atom. The van der Waals surface area contributed by atoms with E-state index in [9.17, 15) is 9.59 Å². The number of nitrogens with zero attached hydrogens (tertiary/aromatic N) is 2. The van der Waals surface area contributed by atoms with Gasteiger partial charge in [0.25, 0.3) is 0 Å². The van der Waals surface area contributed by atoms with E-state index < -0.39 is 12.1 Å². The largest absolute Gasteiger partial charge is 0.342 e. The smallest absolute Gasteiger partial charge is 0.246 e. The molecule has 2 heterocycles. The zero-order valence-electron chi connectivity index (χ0n) is 13.1. The molecule has 114 valence electrons. The van der Waals surface area contributed by atoms with Crippen LogP contribution in [0.15, 0.2) is 18.5 Å². The van der Waals surface area contributed by atoms with Crippen LogP contribution in [0.25, 0.3) is 0 Å². The SMILES string of the molecule is CCC(C)C1NC(=O)C(C)N(Cc2ccncc2C)C1=O. The fourth-order valence-electron chi connectivity index (χ4n) is 2.55. The van der Waals surface area contributed by atoms with Gasteiger partial charge in [0.15, 0.2) is 0 Å². The van der Waals surface area contributed by atoms with Crippen molar-refractivity contribution in [2.24, 2.45) is 5.92 Å². The molecule has 5 nitrogen and oxygen atoms in total. The van der Waals surface area contributed by atoms with E-state index in [1.807, 2.05) is 26.8 Å². The molecule has 1 saturated heterocycles. The lowest BCUT2D eigenvalue weighted by Crippen LogP contribution is -2.63. The first-order valence-electron chi connectivity index (χ1n) is 7.46. The number of amides is 2. The summed E-state index contributed by atoms with van der Waals surface area (Å²) < 4.78 is 0. The summed E-state index contributed by atoms with van der Waals surface area (Å²) >= 11 is 0. The summed E-state index contributed by atoms with van der Waals surface area (Å²) in [7, 11) is 0. The number of aromatic nitrogens is 1. The van der Waals surface area contributed by atoms with Crippen molar-refractivity contribution in [2.45, 2.75) is 52.7 Å². The number of aryl methyl sites for hydroxylation is 1. The topological polar surface area (TPSA) is 62.3 Å². The Hall–Kier alpha value is -1.91. The van der Waals surface area contributed by atoms with Crippen LogP contribution in [-0.2, 0) is 16.1 Å². The lowest BCUT2D eigenvalue weighted by molar-refractivity contribution is -0.150. The molecule has 3 atom stereocenters.